The Hall–Kier alpha value is -3.36. The van der Waals surface area contributed by atoms with Gasteiger partial charge in [-0.3, -0.25) is 9.69 Å². The van der Waals surface area contributed by atoms with Gasteiger partial charge in [-0.1, -0.05) is 18.2 Å². The molecule has 28 heavy (non-hydrogen) atoms. The second kappa shape index (κ2) is 6.66. The molecule has 0 spiro atoms. The minimum absolute atomic E-state index is 0.0312. The molecule has 7 nitrogen and oxygen atoms in total. The Kier molecular flexibility index (Phi) is 4.29. The maximum absolute atomic E-state index is 13.0. The highest BCUT2D eigenvalue weighted by Gasteiger charge is 2.48. The molecule has 1 N–H and O–H groups in total. The average Bonchev–Trinajstić information content (AvgIpc) is 3.20. The summed E-state index contributed by atoms with van der Waals surface area (Å²) in [6.45, 7) is -1.18. The molecule has 9 heteroatoms. The number of carbonyl (C=O) groups excluding carboxylic acids is 2. The van der Waals surface area contributed by atoms with Gasteiger partial charge in [-0.25, -0.2) is 4.79 Å². The number of nitrogens with one attached hydrogen (secondary N) is 1. The van der Waals surface area contributed by atoms with Crippen molar-refractivity contribution in [1.29, 1.82) is 0 Å². The molecular weight excluding hydrogens is 374 g/mol. The summed E-state index contributed by atoms with van der Waals surface area (Å²) in [5.74, 6) is 0.688. The number of fused-ring (bicyclic) bond motifs is 1. The normalized spacial score (nSPS) is 20.6. The Morgan fingerprint density at radius 3 is 2.57 bits per heavy atom. The Bertz CT molecular complexity index is 934. The number of hydrogen-bond acceptors (Lipinski definition) is 5. The summed E-state index contributed by atoms with van der Waals surface area (Å²) in [5.41, 5.74) is -0.144. The van der Waals surface area contributed by atoms with E-state index in [1.54, 1.807) is 25.1 Å². The zero-order valence-electron chi connectivity index (χ0n) is 14.8. The van der Waals surface area contributed by atoms with Crippen LogP contribution in [0.1, 0.15) is 18.1 Å². The molecule has 1 saturated heterocycles. The van der Waals surface area contributed by atoms with E-state index in [0.717, 1.165) is 4.90 Å². The third-order valence-electron chi connectivity index (χ3n) is 4.71. The van der Waals surface area contributed by atoms with Crippen LogP contribution in [0.25, 0.3) is 0 Å². The molecule has 146 valence electrons. The van der Waals surface area contributed by atoms with E-state index in [2.05, 4.69) is 10.1 Å². The number of halogens is 2. The zero-order valence-corrected chi connectivity index (χ0v) is 14.8. The van der Waals surface area contributed by atoms with Crippen molar-refractivity contribution in [3.05, 3.63) is 53.6 Å². The van der Waals surface area contributed by atoms with Gasteiger partial charge in [0, 0.05) is 0 Å². The third kappa shape index (κ3) is 3.08. The molecule has 2 aromatic carbocycles. The average molecular weight is 390 g/mol. The van der Waals surface area contributed by atoms with Gasteiger partial charge in [0.25, 0.3) is 5.91 Å². The molecule has 1 atom stereocenters. The van der Waals surface area contributed by atoms with Crippen molar-refractivity contribution in [3.63, 3.8) is 0 Å². The molecule has 4 rings (SSSR count). The van der Waals surface area contributed by atoms with Crippen LogP contribution in [0, 0.1) is 0 Å². The van der Waals surface area contributed by atoms with Gasteiger partial charge in [0.15, 0.2) is 11.5 Å². The number of urea groups is 1. The Morgan fingerprint density at radius 1 is 1.14 bits per heavy atom. The smallest absolute Gasteiger partial charge is 0.387 e. The summed E-state index contributed by atoms with van der Waals surface area (Å²) >= 11 is 0. The SMILES string of the molecule is C[C@@]1(c2ccc(OC(F)F)cc2)NC(=O)N(Cc2ccc3c(c2)OCO3)C1=O. The molecule has 0 bridgehead atoms. The van der Waals surface area contributed by atoms with Gasteiger partial charge in [0.1, 0.15) is 11.3 Å². The van der Waals surface area contributed by atoms with Gasteiger partial charge >= 0.3 is 12.6 Å². The second-order valence-corrected chi connectivity index (χ2v) is 6.54. The van der Waals surface area contributed by atoms with Crippen LogP contribution >= 0.6 is 0 Å². The number of benzene rings is 2. The molecule has 0 saturated carbocycles. The first kappa shape index (κ1) is 18.0. The molecule has 2 aliphatic heterocycles. The molecular formula is C19H16F2N2O5. The summed E-state index contributed by atoms with van der Waals surface area (Å²) in [5, 5.41) is 2.67. The van der Waals surface area contributed by atoms with E-state index < -0.39 is 24.1 Å². The van der Waals surface area contributed by atoms with Crippen molar-refractivity contribution in [3.8, 4) is 17.2 Å². The minimum atomic E-state index is -2.94. The maximum atomic E-state index is 13.0. The van der Waals surface area contributed by atoms with Crippen LogP contribution in [0.5, 0.6) is 17.2 Å². The van der Waals surface area contributed by atoms with Gasteiger partial charge in [-0.15, -0.1) is 0 Å². The van der Waals surface area contributed by atoms with E-state index in [0.29, 0.717) is 22.6 Å². The van der Waals surface area contributed by atoms with Gasteiger partial charge in [0.2, 0.25) is 6.79 Å². The third-order valence-corrected chi connectivity index (χ3v) is 4.71. The summed E-state index contributed by atoms with van der Waals surface area (Å²) in [7, 11) is 0. The molecule has 0 unspecified atom stereocenters. The summed E-state index contributed by atoms with van der Waals surface area (Å²) < 4.78 is 39.5. The fourth-order valence-electron chi connectivity index (χ4n) is 3.23. The van der Waals surface area contributed by atoms with Crippen LogP contribution in [-0.4, -0.2) is 30.2 Å². The summed E-state index contributed by atoms with van der Waals surface area (Å²) in [6, 6.07) is 10.2. The Balaban J connectivity index is 1.54. The largest absolute Gasteiger partial charge is 0.454 e. The van der Waals surface area contributed by atoms with Gasteiger partial charge < -0.3 is 19.5 Å². The highest BCUT2D eigenvalue weighted by Crippen LogP contribution is 2.35. The monoisotopic (exact) mass is 390 g/mol. The first-order valence-corrected chi connectivity index (χ1v) is 8.45. The predicted molar refractivity (Wildman–Crippen MR) is 92.1 cm³/mol. The van der Waals surface area contributed by atoms with E-state index in [1.807, 2.05) is 0 Å². The molecule has 2 heterocycles. The molecule has 0 aromatic heterocycles. The van der Waals surface area contributed by atoms with Gasteiger partial charge in [-0.2, -0.15) is 8.78 Å². The van der Waals surface area contributed by atoms with Crippen molar-refractivity contribution < 1.29 is 32.6 Å². The number of ether oxygens (including phenoxy) is 3. The lowest BCUT2D eigenvalue weighted by molar-refractivity contribution is -0.131. The number of nitrogens with zero attached hydrogens (tertiary/aromatic N) is 1. The number of carbonyl (C=O) groups is 2. The molecule has 2 aromatic rings. The number of rotatable bonds is 5. The van der Waals surface area contributed by atoms with Gasteiger partial charge in [-0.05, 0) is 42.3 Å². The number of alkyl halides is 2. The zero-order chi connectivity index (χ0) is 19.9. The van der Waals surface area contributed by atoms with Crippen molar-refractivity contribution in [1.82, 2.24) is 10.2 Å². The van der Waals surface area contributed by atoms with E-state index in [-0.39, 0.29) is 19.1 Å². The van der Waals surface area contributed by atoms with Crippen LogP contribution < -0.4 is 19.5 Å². The lowest BCUT2D eigenvalue weighted by atomic mass is 9.92. The topological polar surface area (TPSA) is 77.1 Å². The number of amides is 3. The molecule has 2 aliphatic rings. The van der Waals surface area contributed by atoms with Crippen molar-refractivity contribution in [2.24, 2.45) is 0 Å². The highest BCUT2D eigenvalue weighted by atomic mass is 19.3. The standard InChI is InChI=1S/C19H16F2N2O5/c1-19(12-3-5-13(6-4-12)28-17(20)21)16(24)23(18(25)22-19)9-11-2-7-14-15(8-11)27-10-26-14/h2-8,17H,9-10H2,1H3,(H,22,25)/t19-/m0/s1. The Labute approximate surface area is 158 Å². The van der Waals surface area contributed by atoms with Crippen LogP contribution in [0.3, 0.4) is 0 Å². The fourth-order valence-corrected chi connectivity index (χ4v) is 3.23. The highest BCUT2D eigenvalue weighted by molar-refractivity contribution is 6.07. The molecule has 0 radical (unpaired) electrons. The Morgan fingerprint density at radius 2 is 1.86 bits per heavy atom. The minimum Gasteiger partial charge on any atom is -0.454 e. The van der Waals surface area contributed by atoms with Crippen molar-refractivity contribution >= 4 is 11.9 Å². The lowest BCUT2D eigenvalue weighted by Gasteiger charge is -2.22. The number of hydrogen-bond donors (Lipinski definition) is 1. The summed E-state index contributed by atoms with van der Waals surface area (Å²) in [6.07, 6.45) is 0. The first-order valence-electron chi connectivity index (χ1n) is 8.45. The van der Waals surface area contributed by atoms with Crippen LogP contribution in [-0.2, 0) is 16.9 Å². The second-order valence-electron chi connectivity index (χ2n) is 6.54. The predicted octanol–water partition coefficient (Wildman–Crippen LogP) is 2.98. The summed E-state index contributed by atoms with van der Waals surface area (Å²) in [4.78, 5) is 26.5. The van der Waals surface area contributed by atoms with Crippen LogP contribution in [0.2, 0.25) is 0 Å². The number of imide groups is 1. The van der Waals surface area contributed by atoms with Crippen molar-refractivity contribution in [2.75, 3.05) is 6.79 Å². The van der Waals surface area contributed by atoms with Crippen LogP contribution in [0.4, 0.5) is 13.6 Å². The maximum Gasteiger partial charge on any atom is 0.387 e. The quantitative estimate of drug-likeness (QED) is 0.795. The van der Waals surface area contributed by atoms with Crippen molar-refractivity contribution in [2.45, 2.75) is 25.6 Å². The fraction of sp³-hybridized carbons (Fsp3) is 0.263. The van der Waals surface area contributed by atoms with E-state index in [4.69, 9.17) is 9.47 Å². The van der Waals surface area contributed by atoms with E-state index in [1.165, 1.54) is 24.3 Å². The molecule has 3 amide bonds. The molecule has 0 aliphatic carbocycles. The van der Waals surface area contributed by atoms with Gasteiger partial charge in [0.05, 0.1) is 6.54 Å². The van der Waals surface area contributed by atoms with E-state index in [9.17, 15) is 18.4 Å². The van der Waals surface area contributed by atoms with E-state index >= 15 is 0 Å². The lowest BCUT2D eigenvalue weighted by Crippen LogP contribution is -2.40. The van der Waals surface area contributed by atoms with Crippen LogP contribution in [0.15, 0.2) is 42.5 Å². The molecule has 1 fully saturated rings. The first-order chi connectivity index (χ1) is 13.4.